The second-order valence-electron chi connectivity index (χ2n) is 5.45. The Morgan fingerprint density at radius 2 is 2.35 bits per heavy atom. The molecule has 3 heterocycles. The van der Waals surface area contributed by atoms with E-state index in [4.69, 9.17) is 9.26 Å². The van der Waals surface area contributed by atoms with Gasteiger partial charge in [0.15, 0.2) is 0 Å². The maximum Gasteiger partial charge on any atom is 0.252 e. The monoisotopic (exact) mass is 338 g/mol. The number of ether oxygens (including phenoxy) is 1. The standard InChI is InChI=1S/C14H18N4O4S/c1-23(19,20)18-7-3-5-12(9-18)21-10-13-16-14(17-22-13)11-4-2-6-15-8-11/h2,4,6,8,12H,3,5,7,9-10H2,1H3/t12-/m1/s1. The zero-order valence-electron chi connectivity index (χ0n) is 12.8. The fourth-order valence-electron chi connectivity index (χ4n) is 2.46. The molecule has 8 nitrogen and oxygen atoms in total. The highest BCUT2D eigenvalue weighted by atomic mass is 32.2. The van der Waals surface area contributed by atoms with Crippen LogP contribution in [-0.4, -0.2) is 53.3 Å². The van der Waals surface area contributed by atoms with Crippen LogP contribution in [0.5, 0.6) is 0 Å². The summed E-state index contributed by atoms with van der Waals surface area (Å²) >= 11 is 0. The minimum absolute atomic E-state index is 0.160. The lowest BCUT2D eigenvalue weighted by atomic mass is 10.1. The van der Waals surface area contributed by atoms with E-state index in [1.807, 2.05) is 6.07 Å². The summed E-state index contributed by atoms with van der Waals surface area (Å²) in [6, 6.07) is 3.64. The normalized spacial score (nSPS) is 19.8. The molecule has 2 aromatic heterocycles. The van der Waals surface area contributed by atoms with E-state index < -0.39 is 10.0 Å². The second kappa shape index (κ2) is 6.73. The number of sulfonamides is 1. The lowest BCUT2D eigenvalue weighted by molar-refractivity contribution is -0.00284. The highest BCUT2D eigenvalue weighted by Gasteiger charge is 2.26. The van der Waals surface area contributed by atoms with Gasteiger partial charge in [0.1, 0.15) is 6.61 Å². The van der Waals surface area contributed by atoms with Gasteiger partial charge in [-0.15, -0.1) is 0 Å². The molecule has 0 saturated carbocycles. The average Bonchev–Trinajstić information content (AvgIpc) is 3.02. The van der Waals surface area contributed by atoms with Crippen molar-refractivity contribution in [2.24, 2.45) is 0 Å². The van der Waals surface area contributed by atoms with Gasteiger partial charge in [0.05, 0.1) is 12.4 Å². The Bertz CT molecular complexity index is 747. The van der Waals surface area contributed by atoms with Crippen molar-refractivity contribution < 1.29 is 17.7 Å². The van der Waals surface area contributed by atoms with Gasteiger partial charge >= 0.3 is 0 Å². The van der Waals surface area contributed by atoms with Gasteiger partial charge in [0.2, 0.25) is 15.8 Å². The van der Waals surface area contributed by atoms with Gasteiger partial charge < -0.3 is 9.26 Å². The Morgan fingerprint density at radius 3 is 3.09 bits per heavy atom. The molecule has 2 aromatic rings. The van der Waals surface area contributed by atoms with Crippen LogP contribution in [-0.2, 0) is 21.4 Å². The van der Waals surface area contributed by atoms with Crippen LogP contribution >= 0.6 is 0 Å². The molecule has 9 heteroatoms. The Morgan fingerprint density at radius 1 is 1.48 bits per heavy atom. The Labute approximate surface area is 134 Å². The van der Waals surface area contributed by atoms with Gasteiger partial charge in [-0.1, -0.05) is 5.16 Å². The molecule has 0 aliphatic carbocycles. The molecule has 1 atom stereocenters. The van der Waals surface area contributed by atoms with Crippen LogP contribution < -0.4 is 0 Å². The van der Waals surface area contributed by atoms with E-state index in [9.17, 15) is 8.42 Å². The van der Waals surface area contributed by atoms with E-state index in [0.717, 1.165) is 18.4 Å². The molecule has 0 unspecified atom stereocenters. The van der Waals surface area contributed by atoms with Crippen LogP contribution in [0.2, 0.25) is 0 Å². The van der Waals surface area contributed by atoms with Gasteiger partial charge in [-0.25, -0.2) is 8.42 Å². The van der Waals surface area contributed by atoms with Crippen molar-refractivity contribution in [2.75, 3.05) is 19.3 Å². The highest BCUT2D eigenvalue weighted by Crippen LogP contribution is 2.18. The summed E-state index contributed by atoms with van der Waals surface area (Å²) in [6.45, 7) is 1.07. The number of aromatic nitrogens is 3. The molecule has 1 saturated heterocycles. The summed E-state index contributed by atoms with van der Waals surface area (Å²) in [5, 5.41) is 3.89. The Kier molecular flexibility index (Phi) is 4.69. The van der Waals surface area contributed by atoms with Gasteiger partial charge in [-0.3, -0.25) is 4.98 Å². The molecule has 1 aliphatic rings. The van der Waals surface area contributed by atoms with E-state index in [1.165, 1.54) is 10.6 Å². The lowest BCUT2D eigenvalue weighted by Gasteiger charge is -2.30. The van der Waals surface area contributed by atoms with Crippen molar-refractivity contribution in [3.05, 3.63) is 30.4 Å². The van der Waals surface area contributed by atoms with Crippen LogP contribution in [0.1, 0.15) is 18.7 Å². The van der Waals surface area contributed by atoms with Gasteiger partial charge in [0.25, 0.3) is 5.89 Å². The van der Waals surface area contributed by atoms with Gasteiger partial charge in [0, 0.05) is 31.0 Å². The molecule has 1 fully saturated rings. The first-order chi connectivity index (χ1) is 11.0. The first-order valence-electron chi connectivity index (χ1n) is 7.32. The predicted octanol–water partition coefficient (Wildman–Crippen LogP) is 1.07. The minimum atomic E-state index is -3.18. The summed E-state index contributed by atoms with van der Waals surface area (Å²) in [5.74, 6) is 0.818. The van der Waals surface area contributed by atoms with Crippen molar-refractivity contribution in [2.45, 2.75) is 25.6 Å². The van der Waals surface area contributed by atoms with Gasteiger partial charge in [-0.2, -0.15) is 9.29 Å². The minimum Gasteiger partial charge on any atom is -0.367 e. The molecule has 23 heavy (non-hydrogen) atoms. The third kappa shape index (κ3) is 4.12. The van der Waals surface area contributed by atoms with Crippen LogP contribution in [0.4, 0.5) is 0 Å². The third-order valence-corrected chi connectivity index (χ3v) is 4.91. The number of piperidine rings is 1. The molecule has 0 amide bonds. The first-order valence-corrected chi connectivity index (χ1v) is 9.17. The molecule has 0 radical (unpaired) electrons. The topological polar surface area (TPSA) is 98.4 Å². The molecule has 0 N–H and O–H groups in total. The summed E-state index contributed by atoms with van der Waals surface area (Å²) in [6.07, 6.45) is 5.98. The summed E-state index contributed by atoms with van der Waals surface area (Å²) in [5.41, 5.74) is 0.767. The molecule has 124 valence electrons. The van der Waals surface area contributed by atoms with Crippen molar-refractivity contribution >= 4 is 10.0 Å². The van der Waals surface area contributed by atoms with Crippen molar-refractivity contribution in [3.8, 4) is 11.4 Å². The van der Waals surface area contributed by atoms with E-state index in [1.54, 1.807) is 18.5 Å². The highest BCUT2D eigenvalue weighted by molar-refractivity contribution is 7.88. The zero-order valence-corrected chi connectivity index (χ0v) is 13.6. The van der Waals surface area contributed by atoms with Crippen molar-refractivity contribution in [1.29, 1.82) is 0 Å². The molecule has 3 rings (SSSR count). The van der Waals surface area contributed by atoms with Crippen LogP contribution in [0, 0.1) is 0 Å². The molecule has 0 aromatic carbocycles. The Balaban J connectivity index is 1.58. The predicted molar refractivity (Wildman–Crippen MR) is 81.8 cm³/mol. The van der Waals surface area contributed by atoms with Crippen molar-refractivity contribution in [1.82, 2.24) is 19.4 Å². The first kappa shape index (κ1) is 16.0. The van der Waals surface area contributed by atoms with E-state index in [-0.39, 0.29) is 12.7 Å². The molecule has 1 aliphatic heterocycles. The zero-order chi connectivity index (χ0) is 16.3. The lowest BCUT2D eigenvalue weighted by Crippen LogP contribution is -2.42. The van der Waals surface area contributed by atoms with E-state index >= 15 is 0 Å². The number of hydrogen-bond donors (Lipinski definition) is 0. The largest absolute Gasteiger partial charge is 0.367 e. The summed E-state index contributed by atoms with van der Waals surface area (Å²) in [7, 11) is -3.18. The quantitative estimate of drug-likeness (QED) is 0.804. The number of rotatable bonds is 5. The molecule has 0 spiro atoms. The fourth-order valence-corrected chi connectivity index (χ4v) is 3.35. The number of nitrogens with zero attached hydrogens (tertiary/aromatic N) is 4. The average molecular weight is 338 g/mol. The van der Waals surface area contributed by atoms with Crippen LogP contribution in [0.15, 0.2) is 29.0 Å². The maximum atomic E-state index is 11.6. The smallest absolute Gasteiger partial charge is 0.252 e. The Hall–Kier alpha value is -1.84. The molecular formula is C14H18N4O4S. The van der Waals surface area contributed by atoms with E-state index in [0.29, 0.717) is 24.8 Å². The van der Waals surface area contributed by atoms with Crippen LogP contribution in [0.3, 0.4) is 0 Å². The maximum absolute atomic E-state index is 11.6. The number of pyridine rings is 1. The third-order valence-electron chi connectivity index (χ3n) is 3.64. The molecule has 0 bridgehead atoms. The number of hydrogen-bond acceptors (Lipinski definition) is 7. The van der Waals surface area contributed by atoms with Crippen LogP contribution in [0.25, 0.3) is 11.4 Å². The van der Waals surface area contributed by atoms with Crippen molar-refractivity contribution in [3.63, 3.8) is 0 Å². The summed E-state index contributed by atoms with van der Waals surface area (Å²) in [4.78, 5) is 8.26. The SMILES string of the molecule is CS(=O)(=O)N1CCC[C@@H](OCc2nc(-c3cccnc3)no2)C1. The summed E-state index contributed by atoms with van der Waals surface area (Å²) < 4.78 is 35.5. The second-order valence-corrected chi connectivity index (χ2v) is 7.43. The van der Waals surface area contributed by atoms with E-state index in [2.05, 4.69) is 15.1 Å². The van der Waals surface area contributed by atoms with Gasteiger partial charge in [-0.05, 0) is 25.0 Å². The fraction of sp³-hybridized carbons (Fsp3) is 0.500. The molecular weight excluding hydrogens is 320 g/mol.